The monoisotopic (exact) mass is 453 g/mol. The standard InChI is InChI=1S/C26H23N5O3/c1-17-6-4-7-21(29-17)25-24(23-8-2-3-14-31(23)30-25)20-11-13-27-22-16-18(9-10-19(20)22)34-26(33)28-12-5-15-32/h2-4,6-11,13-14,16,32H,5,12,15H2,1H3,(H,28,33). The maximum absolute atomic E-state index is 12.0. The van der Waals surface area contributed by atoms with Crippen molar-refractivity contribution in [3.63, 3.8) is 0 Å². The number of aryl methyl sites for hydroxylation is 1. The fraction of sp³-hybridized carbons (Fsp3) is 0.154. The molecule has 0 aliphatic heterocycles. The van der Waals surface area contributed by atoms with E-state index < -0.39 is 6.09 Å². The third-order valence-electron chi connectivity index (χ3n) is 5.47. The van der Waals surface area contributed by atoms with E-state index in [0.29, 0.717) is 24.2 Å². The molecule has 1 amide bonds. The molecule has 0 bridgehead atoms. The summed E-state index contributed by atoms with van der Waals surface area (Å²) in [7, 11) is 0. The molecule has 0 saturated heterocycles. The zero-order chi connectivity index (χ0) is 23.5. The number of nitrogens with one attached hydrogen (secondary N) is 1. The highest BCUT2D eigenvalue weighted by Crippen LogP contribution is 2.38. The van der Waals surface area contributed by atoms with Crippen LogP contribution in [0.2, 0.25) is 0 Å². The second-order valence-corrected chi connectivity index (χ2v) is 7.85. The van der Waals surface area contributed by atoms with Gasteiger partial charge in [-0.3, -0.25) is 9.97 Å². The van der Waals surface area contributed by atoms with Crippen molar-refractivity contribution in [3.05, 3.63) is 78.8 Å². The van der Waals surface area contributed by atoms with E-state index >= 15 is 0 Å². The highest BCUT2D eigenvalue weighted by Gasteiger charge is 2.19. The SMILES string of the molecule is Cc1cccc(-c2nn3ccccc3c2-c2ccnc3cc(OC(=O)NCCCO)ccc23)n1. The Morgan fingerprint density at radius 1 is 1.12 bits per heavy atom. The lowest BCUT2D eigenvalue weighted by Gasteiger charge is -2.10. The Morgan fingerprint density at radius 3 is 2.88 bits per heavy atom. The van der Waals surface area contributed by atoms with E-state index in [9.17, 15) is 4.79 Å². The fourth-order valence-corrected chi connectivity index (χ4v) is 3.94. The Morgan fingerprint density at radius 2 is 2.03 bits per heavy atom. The molecule has 34 heavy (non-hydrogen) atoms. The maximum atomic E-state index is 12.0. The molecule has 4 aromatic heterocycles. The number of benzene rings is 1. The number of ether oxygens (including phenoxy) is 1. The van der Waals surface area contributed by atoms with Gasteiger partial charge >= 0.3 is 6.09 Å². The van der Waals surface area contributed by atoms with E-state index in [0.717, 1.165) is 39.1 Å². The predicted octanol–water partition coefficient (Wildman–Crippen LogP) is 4.39. The number of hydrogen-bond donors (Lipinski definition) is 2. The number of fused-ring (bicyclic) bond motifs is 2. The molecule has 0 aliphatic carbocycles. The van der Waals surface area contributed by atoms with Gasteiger partial charge in [-0.1, -0.05) is 12.1 Å². The molecule has 0 atom stereocenters. The summed E-state index contributed by atoms with van der Waals surface area (Å²) in [6.45, 7) is 2.31. The van der Waals surface area contributed by atoms with Crippen molar-refractivity contribution in [2.75, 3.05) is 13.2 Å². The largest absolute Gasteiger partial charge is 0.412 e. The lowest BCUT2D eigenvalue weighted by molar-refractivity contribution is 0.199. The molecule has 0 saturated carbocycles. The molecule has 0 unspecified atom stereocenters. The molecule has 2 N–H and O–H groups in total. The Labute approximate surface area is 195 Å². The smallest absolute Gasteiger partial charge is 0.410 e. The van der Waals surface area contributed by atoms with Crippen LogP contribution in [-0.4, -0.2) is 43.9 Å². The summed E-state index contributed by atoms with van der Waals surface area (Å²) in [5, 5.41) is 17.2. The molecular formula is C26H23N5O3. The molecule has 0 radical (unpaired) electrons. The number of aliphatic hydroxyl groups excluding tert-OH is 1. The summed E-state index contributed by atoms with van der Waals surface area (Å²) < 4.78 is 7.23. The van der Waals surface area contributed by atoms with Crippen LogP contribution >= 0.6 is 0 Å². The number of pyridine rings is 3. The minimum Gasteiger partial charge on any atom is -0.410 e. The number of carbonyl (C=O) groups excluding carboxylic acids is 1. The van der Waals surface area contributed by atoms with Gasteiger partial charge in [0.1, 0.15) is 11.4 Å². The summed E-state index contributed by atoms with van der Waals surface area (Å²) in [6, 6.07) is 19.2. The second-order valence-electron chi connectivity index (χ2n) is 7.85. The number of hydrogen-bond acceptors (Lipinski definition) is 6. The Hall–Kier alpha value is -4.30. The summed E-state index contributed by atoms with van der Waals surface area (Å²) in [5.74, 6) is 0.388. The zero-order valence-corrected chi connectivity index (χ0v) is 18.6. The third kappa shape index (κ3) is 4.18. The maximum Gasteiger partial charge on any atom is 0.412 e. The molecule has 8 heteroatoms. The van der Waals surface area contributed by atoms with Gasteiger partial charge in [0, 0.05) is 48.3 Å². The highest BCUT2D eigenvalue weighted by molar-refractivity contribution is 6.03. The van der Waals surface area contributed by atoms with E-state index in [1.54, 1.807) is 18.3 Å². The van der Waals surface area contributed by atoms with E-state index in [4.69, 9.17) is 19.9 Å². The summed E-state index contributed by atoms with van der Waals surface area (Å²) in [6.07, 6.45) is 3.56. The van der Waals surface area contributed by atoms with Crippen molar-refractivity contribution in [2.45, 2.75) is 13.3 Å². The van der Waals surface area contributed by atoms with Crippen LogP contribution in [0.1, 0.15) is 12.1 Å². The van der Waals surface area contributed by atoms with Crippen LogP contribution in [0, 0.1) is 6.92 Å². The molecule has 5 aromatic rings. The Kier molecular flexibility index (Phi) is 5.88. The number of aromatic nitrogens is 4. The van der Waals surface area contributed by atoms with Crippen molar-refractivity contribution in [3.8, 4) is 28.3 Å². The van der Waals surface area contributed by atoms with Gasteiger partial charge in [-0.05, 0) is 61.4 Å². The van der Waals surface area contributed by atoms with Crippen LogP contribution in [0.4, 0.5) is 4.79 Å². The Balaban J connectivity index is 1.60. The van der Waals surface area contributed by atoms with Gasteiger partial charge in [-0.2, -0.15) is 5.10 Å². The van der Waals surface area contributed by atoms with Gasteiger partial charge in [0.2, 0.25) is 0 Å². The second kappa shape index (κ2) is 9.29. The van der Waals surface area contributed by atoms with Crippen LogP contribution in [0.25, 0.3) is 38.9 Å². The van der Waals surface area contributed by atoms with Crippen molar-refractivity contribution >= 4 is 22.5 Å². The quantitative estimate of drug-likeness (QED) is 0.370. The average Bonchev–Trinajstić information content (AvgIpc) is 3.23. The fourth-order valence-electron chi connectivity index (χ4n) is 3.94. The Bertz CT molecular complexity index is 1490. The van der Waals surface area contributed by atoms with Gasteiger partial charge < -0.3 is 15.2 Å². The summed E-state index contributed by atoms with van der Waals surface area (Å²) >= 11 is 0. The van der Waals surface area contributed by atoms with Crippen molar-refractivity contribution in [2.24, 2.45) is 0 Å². The first kappa shape index (κ1) is 21.5. The van der Waals surface area contributed by atoms with Crippen molar-refractivity contribution in [1.82, 2.24) is 24.9 Å². The first-order valence-corrected chi connectivity index (χ1v) is 11.0. The highest BCUT2D eigenvalue weighted by atomic mass is 16.6. The molecule has 5 rings (SSSR count). The molecule has 0 fully saturated rings. The molecule has 8 nitrogen and oxygen atoms in total. The van der Waals surface area contributed by atoms with Crippen molar-refractivity contribution in [1.29, 1.82) is 0 Å². The molecule has 0 spiro atoms. The minimum absolute atomic E-state index is 0.00651. The first-order valence-electron chi connectivity index (χ1n) is 11.0. The minimum atomic E-state index is -0.570. The molecule has 4 heterocycles. The molecule has 170 valence electrons. The third-order valence-corrected chi connectivity index (χ3v) is 5.47. The van der Waals surface area contributed by atoms with Gasteiger partial charge in [0.05, 0.1) is 16.7 Å². The van der Waals surface area contributed by atoms with Crippen LogP contribution in [0.15, 0.2) is 73.1 Å². The van der Waals surface area contributed by atoms with E-state index in [1.165, 1.54) is 0 Å². The summed E-state index contributed by atoms with van der Waals surface area (Å²) in [5.41, 5.74) is 6.06. The average molecular weight is 454 g/mol. The van der Waals surface area contributed by atoms with Gasteiger partial charge in [-0.25, -0.2) is 9.31 Å². The van der Waals surface area contributed by atoms with Crippen LogP contribution in [0.5, 0.6) is 5.75 Å². The van der Waals surface area contributed by atoms with Crippen molar-refractivity contribution < 1.29 is 14.6 Å². The van der Waals surface area contributed by atoms with E-state index in [1.807, 2.05) is 66.2 Å². The topological polar surface area (TPSA) is 102 Å². The lowest BCUT2D eigenvalue weighted by atomic mass is 9.98. The van der Waals surface area contributed by atoms with Gasteiger partial charge in [0.15, 0.2) is 0 Å². The summed E-state index contributed by atoms with van der Waals surface area (Å²) in [4.78, 5) is 21.2. The number of amides is 1. The lowest BCUT2D eigenvalue weighted by Crippen LogP contribution is -2.28. The molecule has 1 aromatic carbocycles. The van der Waals surface area contributed by atoms with Gasteiger partial charge in [0.25, 0.3) is 0 Å². The first-order chi connectivity index (χ1) is 16.6. The number of aliphatic hydroxyl groups is 1. The predicted molar refractivity (Wildman–Crippen MR) is 130 cm³/mol. The van der Waals surface area contributed by atoms with E-state index in [2.05, 4.69) is 10.3 Å². The molecular weight excluding hydrogens is 430 g/mol. The van der Waals surface area contributed by atoms with Crippen LogP contribution in [-0.2, 0) is 0 Å². The van der Waals surface area contributed by atoms with Crippen LogP contribution in [0.3, 0.4) is 0 Å². The molecule has 0 aliphatic rings. The normalized spacial score (nSPS) is 11.1. The number of carbonyl (C=O) groups is 1. The van der Waals surface area contributed by atoms with Gasteiger partial charge in [-0.15, -0.1) is 0 Å². The number of rotatable bonds is 6. The zero-order valence-electron chi connectivity index (χ0n) is 18.6. The number of nitrogens with zero attached hydrogens (tertiary/aromatic N) is 4. The van der Waals surface area contributed by atoms with Crippen LogP contribution < -0.4 is 10.1 Å². The van der Waals surface area contributed by atoms with E-state index in [-0.39, 0.29) is 6.61 Å².